The van der Waals surface area contributed by atoms with Crippen molar-refractivity contribution in [1.29, 1.82) is 0 Å². The largest absolute Gasteiger partial charge is 0.497 e. The van der Waals surface area contributed by atoms with E-state index in [1.54, 1.807) is 18.1 Å². The van der Waals surface area contributed by atoms with E-state index in [2.05, 4.69) is 34.6 Å². The molecular weight excluding hydrogens is 528 g/mol. The molecule has 1 atom stereocenters. The highest BCUT2D eigenvalue weighted by Crippen LogP contribution is 2.48. The smallest absolute Gasteiger partial charge is 0.243 e. The van der Waals surface area contributed by atoms with Gasteiger partial charge in [0.1, 0.15) is 18.4 Å². The predicted octanol–water partition coefficient (Wildman–Crippen LogP) is 5.59. The summed E-state index contributed by atoms with van der Waals surface area (Å²) in [6, 6.07) is 22.9. The number of nitrogens with one attached hydrogen (secondary N) is 2. The molecular formula is C33H34N6O3. The molecule has 2 heterocycles. The highest BCUT2D eigenvalue weighted by atomic mass is 16.5. The van der Waals surface area contributed by atoms with Crippen LogP contribution in [0.15, 0.2) is 96.7 Å². The van der Waals surface area contributed by atoms with Gasteiger partial charge in [0.15, 0.2) is 5.78 Å². The molecule has 0 spiro atoms. The maximum atomic E-state index is 13.9. The standard InChI is InChI=1S/C33H34N6O3/c1-33(2)16-27-31(29(40)17-33)32(23-10-14-25(42-3)15-11-23)39(28-7-5-4-6-26(28)37-27)19-30(41)36-24-12-8-22(9-13-24)18-38-21-34-20-35-38/h4-15,20-21,32,37H,16-19H2,1-3H3,(H,36,41). The summed E-state index contributed by atoms with van der Waals surface area (Å²) in [7, 11) is 1.63. The van der Waals surface area contributed by atoms with Gasteiger partial charge in [-0.25, -0.2) is 9.67 Å². The maximum Gasteiger partial charge on any atom is 0.243 e. The first-order chi connectivity index (χ1) is 20.3. The number of benzene rings is 3. The Balaban J connectivity index is 1.35. The highest BCUT2D eigenvalue weighted by molar-refractivity contribution is 6.02. The number of fused-ring (bicyclic) bond motifs is 1. The minimum atomic E-state index is -0.457. The zero-order valence-electron chi connectivity index (χ0n) is 24.0. The summed E-state index contributed by atoms with van der Waals surface area (Å²) in [4.78, 5) is 33.5. The van der Waals surface area contributed by atoms with Gasteiger partial charge in [-0.3, -0.25) is 9.59 Å². The molecule has 1 aliphatic heterocycles. The Morgan fingerprint density at radius 2 is 1.81 bits per heavy atom. The Labute approximate surface area is 245 Å². The lowest BCUT2D eigenvalue weighted by Crippen LogP contribution is -2.40. The number of Topliss-reactive ketones (excluding diaryl/α,β-unsaturated/α-hetero) is 1. The number of carbonyl (C=O) groups excluding carboxylic acids is 2. The van der Waals surface area contributed by atoms with Gasteiger partial charge in [0, 0.05) is 23.4 Å². The van der Waals surface area contributed by atoms with Crippen molar-refractivity contribution < 1.29 is 14.3 Å². The van der Waals surface area contributed by atoms with Gasteiger partial charge in [-0.1, -0.05) is 50.2 Å². The fraction of sp³-hybridized carbons (Fsp3) is 0.273. The Morgan fingerprint density at radius 1 is 1.05 bits per heavy atom. The molecule has 0 bridgehead atoms. The molecule has 4 aromatic rings. The zero-order valence-corrected chi connectivity index (χ0v) is 24.0. The van der Waals surface area contributed by atoms with Crippen molar-refractivity contribution in [3.8, 4) is 5.75 Å². The molecule has 214 valence electrons. The third-order valence-corrected chi connectivity index (χ3v) is 7.80. The van der Waals surface area contributed by atoms with Crippen molar-refractivity contribution in [2.24, 2.45) is 5.41 Å². The van der Waals surface area contributed by atoms with Gasteiger partial charge in [-0.15, -0.1) is 0 Å². The molecule has 1 aliphatic carbocycles. The number of rotatable bonds is 7. The number of ketones is 1. The molecule has 9 nitrogen and oxygen atoms in total. The number of nitrogens with zero attached hydrogens (tertiary/aromatic N) is 4. The number of amides is 1. The lowest BCUT2D eigenvalue weighted by Gasteiger charge is -2.38. The summed E-state index contributed by atoms with van der Waals surface area (Å²) >= 11 is 0. The maximum absolute atomic E-state index is 13.9. The number of carbonyl (C=O) groups is 2. The molecule has 2 aliphatic rings. The van der Waals surface area contributed by atoms with Gasteiger partial charge in [0.2, 0.25) is 5.91 Å². The number of ether oxygens (including phenoxy) is 1. The van der Waals surface area contributed by atoms with E-state index in [-0.39, 0.29) is 23.7 Å². The molecule has 9 heteroatoms. The first kappa shape index (κ1) is 27.3. The van der Waals surface area contributed by atoms with Crippen molar-refractivity contribution in [3.63, 3.8) is 0 Å². The summed E-state index contributed by atoms with van der Waals surface area (Å²) in [6.07, 6.45) is 4.35. The fourth-order valence-electron chi connectivity index (χ4n) is 5.91. The Morgan fingerprint density at radius 3 is 2.52 bits per heavy atom. The molecule has 1 aromatic heterocycles. The topological polar surface area (TPSA) is 101 Å². The molecule has 3 aromatic carbocycles. The van der Waals surface area contributed by atoms with Gasteiger partial charge in [-0.2, -0.15) is 5.10 Å². The van der Waals surface area contributed by atoms with E-state index in [9.17, 15) is 9.59 Å². The third-order valence-electron chi connectivity index (χ3n) is 7.80. The zero-order chi connectivity index (χ0) is 29.3. The van der Waals surface area contributed by atoms with E-state index < -0.39 is 6.04 Å². The normalized spacial score (nSPS) is 17.5. The molecule has 1 amide bonds. The van der Waals surface area contributed by atoms with Gasteiger partial charge in [-0.05, 0) is 59.4 Å². The lowest BCUT2D eigenvalue weighted by molar-refractivity contribution is -0.119. The van der Waals surface area contributed by atoms with Gasteiger partial charge in [0.05, 0.1) is 37.6 Å². The van der Waals surface area contributed by atoms with Crippen molar-refractivity contribution in [2.45, 2.75) is 39.3 Å². The second-order valence-electron chi connectivity index (χ2n) is 11.6. The van der Waals surface area contributed by atoms with Gasteiger partial charge >= 0.3 is 0 Å². The Hall–Kier alpha value is -4.92. The lowest BCUT2D eigenvalue weighted by atomic mass is 9.73. The van der Waals surface area contributed by atoms with Crippen LogP contribution in [0.5, 0.6) is 5.75 Å². The predicted molar refractivity (Wildman–Crippen MR) is 162 cm³/mol. The van der Waals surface area contributed by atoms with Crippen LogP contribution in [0.2, 0.25) is 0 Å². The van der Waals surface area contributed by atoms with Crippen LogP contribution in [0, 0.1) is 5.41 Å². The van der Waals surface area contributed by atoms with E-state index in [1.807, 2.05) is 77.7 Å². The van der Waals surface area contributed by atoms with E-state index in [0.717, 1.165) is 40.4 Å². The molecule has 42 heavy (non-hydrogen) atoms. The quantitative estimate of drug-likeness (QED) is 0.303. The average molecular weight is 563 g/mol. The molecule has 0 saturated heterocycles. The summed E-state index contributed by atoms with van der Waals surface area (Å²) in [6.45, 7) is 4.89. The summed E-state index contributed by atoms with van der Waals surface area (Å²) < 4.78 is 7.16. The number of hydrogen-bond donors (Lipinski definition) is 2. The van der Waals surface area contributed by atoms with E-state index >= 15 is 0 Å². The van der Waals surface area contributed by atoms with Crippen LogP contribution in [-0.2, 0) is 16.1 Å². The first-order valence-electron chi connectivity index (χ1n) is 14.0. The number of hydrogen-bond acceptors (Lipinski definition) is 7. The number of para-hydroxylation sites is 2. The number of anilines is 3. The summed E-state index contributed by atoms with van der Waals surface area (Å²) in [5.41, 5.74) is 5.84. The first-order valence-corrected chi connectivity index (χ1v) is 14.0. The molecule has 0 radical (unpaired) electrons. The minimum absolute atomic E-state index is 0.0452. The van der Waals surface area contributed by atoms with Crippen LogP contribution in [0.3, 0.4) is 0 Å². The van der Waals surface area contributed by atoms with Crippen LogP contribution in [0.25, 0.3) is 0 Å². The van der Waals surface area contributed by atoms with Crippen LogP contribution in [0.1, 0.15) is 43.9 Å². The van der Waals surface area contributed by atoms with E-state index in [4.69, 9.17) is 4.74 Å². The molecule has 2 N–H and O–H groups in total. The fourth-order valence-corrected chi connectivity index (χ4v) is 5.91. The second-order valence-corrected chi connectivity index (χ2v) is 11.6. The average Bonchev–Trinajstić information content (AvgIpc) is 3.43. The van der Waals surface area contributed by atoms with Crippen LogP contribution < -0.4 is 20.3 Å². The van der Waals surface area contributed by atoms with Crippen LogP contribution in [-0.4, -0.2) is 40.1 Å². The monoisotopic (exact) mass is 562 g/mol. The van der Waals surface area contributed by atoms with E-state index in [0.29, 0.717) is 24.2 Å². The molecule has 0 saturated carbocycles. The third kappa shape index (κ3) is 5.63. The number of allylic oxidation sites excluding steroid dienone is 1. The Bertz CT molecular complexity index is 1630. The number of methoxy groups -OCH3 is 1. The highest BCUT2D eigenvalue weighted by Gasteiger charge is 2.41. The van der Waals surface area contributed by atoms with Crippen LogP contribution in [0.4, 0.5) is 17.1 Å². The van der Waals surface area contributed by atoms with E-state index in [1.165, 1.54) is 6.33 Å². The molecule has 0 fully saturated rings. The van der Waals surface area contributed by atoms with Gasteiger partial charge < -0.3 is 20.3 Å². The summed E-state index contributed by atoms with van der Waals surface area (Å²) in [5, 5.41) is 10.8. The van der Waals surface area contributed by atoms with Crippen molar-refractivity contribution in [1.82, 2.24) is 14.8 Å². The van der Waals surface area contributed by atoms with Crippen molar-refractivity contribution in [3.05, 3.63) is 108 Å². The SMILES string of the molecule is COc1ccc(C2C3=C(CC(C)(C)CC3=O)Nc3ccccc3N2CC(=O)Nc2ccc(Cn3cncn3)cc2)cc1. The van der Waals surface area contributed by atoms with Crippen molar-refractivity contribution >= 4 is 28.8 Å². The molecule has 6 rings (SSSR count). The number of aromatic nitrogens is 3. The second kappa shape index (κ2) is 11.2. The van der Waals surface area contributed by atoms with Crippen LogP contribution >= 0.6 is 0 Å². The van der Waals surface area contributed by atoms with Gasteiger partial charge in [0.25, 0.3) is 0 Å². The minimum Gasteiger partial charge on any atom is -0.497 e. The van der Waals surface area contributed by atoms with Crippen molar-refractivity contribution in [2.75, 3.05) is 29.2 Å². The summed E-state index contributed by atoms with van der Waals surface area (Å²) in [5.74, 6) is 0.642. The Kier molecular flexibility index (Phi) is 7.24. The molecule has 1 unspecified atom stereocenters.